The van der Waals surface area contributed by atoms with Crippen LogP contribution in [-0.4, -0.2) is 48.1 Å². The molecule has 3 fully saturated rings. The Kier molecular flexibility index (Phi) is 2.58. The number of rotatable bonds is 0. The molecular weight excluding hydrogens is 220 g/mol. The van der Waals surface area contributed by atoms with E-state index >= 15 is 0 Å². The van der Waals surface area contributed by atoms with E-state index in [2.05, 4.69) is 5.32 Å². The predicted molar refractivity (Wildman–Crippen MR) is 60.3 cm³/mol. The number of fused-ring (bicyclic) bond motifs is 1. The van der Waals surface area contributed by atoms with Crippen molar-refractivity contribution in [1.82, 2.24) is 10.2 Å². The van der Waals surface area contributed by atoms with Crippen molar-refractivity contribution in [3.05, 3.63) is 0 Å². The smallest absolute Gasteiger partial charge is 0.249 e. The Balaban J connectivity index is 1.88. The number of nitrogens with zero attached hydrogens (tertiary/aromatic N) is 1. The van der Waals surface area contributed by atoms with Crippen LogP contribution < -0.4 is 5.32 Å². The highest BCUT2D eigenvalue weighted by Gasteiger charge is 2.51. The van der Waals surface area contributed by atoms with Crippen molar-refractivity contribution in [2.24, 2.45) is 0 Å². The van der Waals surface area contributed by atoms with Crippen molar-refractivity contribution in [2.45, 2.75) is 43.7 Å². The molecule has 0 aromatic carbocycles. The van der Waals surface area contributed by atoms with E-state index in [1.165, 1.54) is 0 Å². The minimum absolute atomic E-state index is 0.0335. The molecule has 1 N–H and O–H groups in total. The number of amides is 2. The largest absolute Gasteiger partial charge is 0.381 e. The zero-order valence-electron chi connectivity index (χ0n) is 9.91. The normalized spacial score (nSPS) is 32.2. The van der Waals surface area contributed by atoms with E-state index in [-0.39, 0.29) is 17.9 Å². The van der Waals surface area contributed by atoms with Crippen LogP contribution in [0.1, 0.15) is 32.1 Å². The SMILES string of the molecule is O=C1NC2(CCOCC2)C(=O)N2CCCC[C@@H]12. The van der Waals surface area contributed by atoms with E-state index in [4.69, 9.17) is 4.74 Å². The molecule has 0 aliphatic carbocycles. The van der Waals surface area contributed by atoms with E-state index in [1.807, 2.05) is 0 Å². The summed E-state index contributed by atoms with van der Waals surface area (Å²) in [4.78, 5) is 26.4. The molecular formula is C12H18N2O3. The van der Waals surface area contributed by atoms with Crippen molar-refractivity contribution in [3.8, 4) is 0 Å². The number of carbonyl (C=O) groups is 2. The maximum absolute atomic E-state index is 12.5. The number of piperazine rings is 1. The minimum atomic E-state index is -0.664. The first-order chi connectivity index (χ1) is 8.23. The molecule has 5 heteroatoms. The maximum Gasteiger partial charge on any atom is 0.249 e. The van der Waals surface area contributed by atoms with Gasteiger partial charge in [0.05, 0.1) is 0 Å². The van der Waals surface area contributed by atoms with Crippen LogP contribution >= 0.6 is 0 Å². The fourth-order valence-electron chi connectivity index (χ4n) is 3.15. The average molecular weight is 238 g/mol. The minimum Gasteiger partial charge on any atom is -0.381 e. The van der Waals surface area contributed by atoms with Crippen LogP contribution in [0.15, 0.2) is 0 Å². The Morgan fingerprint density at radius 1 is 1.24 bits per heavy atom. The lowest BCUT2D eigenvalue weighted by atomic mass is 9.83. The van der Waals surface area contributed by atoms with Gasteiger partial charge >= 0.3 is 0 Å². The van der Waals surface area contributed by atoms with Crippen LogP contribution in [0.25, 0.3) is 0 Å². The van der Waals surface area contributed by atoms with Crippen molar-refractivity contribution in [1.29, 1.82) is 0 Å². The quantitative estimate of drug-likeness (QED) is 0.648. The lowest BCUT2D eigenvalue weighted by Gasteiger charge is -2.49. The van der Waals surface area contributed by atoms with Gasteiger partial charge in [0, 0.05) is 32.6 Å². The fraction of sp³-hybridized carbons (Fsp3) is 0.833. The third-order valence-electron chi connectivity index (χ3n) is 4.18. The Morgan fingerprint density at radius 3 is 2.76 bits per heavy atom. The second kappa shape index (κ2) is 3.98. The molecule has 3 heterocycles. The van der Waals surface area contributed by atoms with Gasteiger partial charge in [-0.05, 0) is 19.3 Å². The molecule has 0 radical (unpaired) electrons. The van der Waals surface area contributed by atoms with Gasteiger partial charge in [0.1, 0.15) is 11.6 Å². The van der Waals surface area contributed by atoms with E-state index in [9.17, 15) is 9.59 Å². The summed E-state index contributed by atoms with van der Waals surface area (Å²) in [6.45, 7) is 1.86. The summed E-state index contributed by atoms with van der Waals surface area (Å²) in [5.74, 6) is 0.149. The molecule has 3 saturated heterocycles. The van der Waals surface area contributed by atoms with Crippen LogP contribution in [0.2, 0.25) is 0 Å². The molecule has 17 heavy (non-hydrogen) atoms. The molecule has 0 aromatic heterocycles. The predicted octanol–water partition coefficient (Wildman–Crippen LogP) is 0.0465. The molecule has 0 unspecified atom stereocenters. The highest BCUT2D eigenvalue weighted by atomic mass is 16.5. The molecule has 0 bridgehead atoms. The Labute approximate surface area is 100 Å². The van der Waals surface area contributed by atoms with E-state index in [0.717, 1.165) is 25.8 Å². The van der Waals surface area contributed by atoms with Crippen LogP contribution in [0.5, 0.6) is 0 Å². The van der Waals surface area contributed by atoms with E-state index in [1.54, 1.807) is 4.90 Å². The Bertz CT molecular complexity index is 350. The molecule has 3 aliphatic heterocycles. The lowest BCUT2D eigenvalue weighted by Crippen LogP contribution is -2.72. The van der Waals surface area contributed by atoms with E-state index in [0.29, 0.717) is 26.1 Å². The number of hydrogen-bond acceptors (Lipinski definition) is 3. The monoisotopic (exact) mass is 238 g/mol. The van der Waals surface area contributed by atoms with Crippen molar-refractivity contribution >= 4 is 11.8 Å². The third kappa shape index (κ3) is 1.64. The zero-order chi connectivity index (χ0) is 11.9. The third-order valence-corrected chi connectivity index (χ3v) is 4.18. The topological polar surface area (TPSA) is 58.6 Å². The van der Waals surface area contributed by atoms with Gasteiger partial charge in [-0.3, -0.25) is 9.59 Å². The number of nitrogens with one attached hydrogen (secondary N) is 1. The fourth-order valence-corrected chi connectivity index (χ4v) is 3.15. The molecule has 3 aliphatic rings. The van der Waals surface area contributed by atoms with Gasteiger partial charge in [-0.15, -0.1) is 0 Å². The molecule has 1 spiro atoms. The average Bonchev–Trinajstić information content (AvgIpc) is 2.37. The summed E-state index contributed by atoms with van der Waals surface area (Å²) < 4.78 is 5.29. The van der Waals surface area contributed by atoms with Gasteiger partial charge in [-0.1, -0.05) is 0 Å². The van der Waals surface area contributed by atoms with Gasteiger partial charge in [0.2, 0.25) is 11.8 Å². The molecule has 5 nitrogen and oxygen atoms in total. The highest BCUT2D eigenvalue weighted by Crippen LogP contribution is 2.31. The zero-order valence-corrected chi connectivity index (χ0v) is 9.91. The summed E-state index contributed by atoms with van der Waals surface area (Å²) in [5.41, 5.74) is -0.664. The van der Waals surface area contributed by atoms with Crippen molar-refractivity contribution in [2.75, 3.05) is 19.8 Å². The highest BCUT2D eigenvalue weighted by molar-refractivity contribution is 6.00. The van der Waals surface area contributed by atoms with Crippen LogP contribution in [0, 0.1) is 0 Å². The first kappa shape index (κ1) is 11.0. The molecule has 94 valence electrons. The standard InChI is InChI=1S/C12H18N2O3/c15-10-9-3-1-2-6-14(9)11(16)12(13-10)4-7-17-8-5-12/h9H,1-8H2,(H,13,15)/t9-/m0/s1. The molecule has 0 aromatic rings. The van der Waals surface area contributed by atoms with Gasteiger partial charge < -0.3 is 15.0 Å². The Hall–Kier alpha value is -1.10. The molecule has 1 atom stereocenters. The van der Waals surface area contributed by atoms with E-state index < -0.39 is 5.54 Å². The first-order valence-corrected chi connectivity index (χ1v) is 6.44. The maximum atomic E-state index is 12.5. The van der Waals surface area contributed by atoms with Gasteiger partial charge in [-0.25, -0.2) is 0 Å². The number of carbonyl (C=O) groups excluding carboxylic acids is 2. The van der Waals surface area contributed by atoms with Crippen LogP contribution in [0.3, 0.4) is 0 Å². The molecule has 2 amide bonds. The summed E-state index contributed by atoms with van der Waals surface area (Å²) in [6, 6.07) is -0.218. The van der Waals surface area contributed by atoms with Gasteiger partial charge in [0.25, 0.3) is 0 Å². The second-order valence-electron chi connectivity index (χ2n) is 5.19. The van der Waals surface area contributed by atoms with Gasteiger partial charge in [-0.2, -0.15) is 0 Å². The number of hydrogen-bond donors (Lipinski definition) is 1. The van der Waals surface area contributed by atoms with Crippen molar-refractivity contribution in [3.63, 3.8) is 0 Å². The lowest BCUT2D eigenvalue weighted by molar-refractivity contribution is -0.161. The number of ether oxygens (including phenoxy) is 1. The number of piperidine rings is 1. The Morgan fingerprint density at radius 2 is 2.00 bits per heavy atom. The summed E-state index contributed by atoms with van der Waals surface area (Å²) in [6.07, 6.45) is 4.09. The van der Waals surface area contributed by atoms with Crippen molar-refractivity contribution < 1.29 is 14.3 Å². The summed E-state index contributed by atoms with van der Waals surface area (Å²) >= 11 is 0. The van der Waals surface area contributed by atoms with Crippen LogP contribution in [0.4, 0.5) is 0 Å². The first-order valence-electron chi connectivity index (χ1n) is 6.44. The van der Waals surface area contributed by atoms with Crippen LogP contribution in [-0.2, 0) is 14.3 Å². The summed E-state index contributed by atoms with van der Waals surface area (Å²) in [5, 5.41) is 2.97. The second-order valence-corrected chi connectivity index (χ2v) is 5.19. The van der Waals surface area contributed by atoms with Gasteiger partial charge in [0.15, 0.2) is 0 Å². The molecule has 3 rings (SSSR count). The summed E-state index contributed by atoms with van der Waals surface area (Å²) in [7, 11) is 0. The molecule has 0 saturated carbocycles.